The number of rotatable bonds is 7. The molecule has 0 amide bonds. The molecule has 0 N–H and O–H groups in total. The molecule has 0 spiro atoms. The molecule has 1 aliphatic heterocycles. The maximum absolute atomic E-state index is 13.0. The largest absolute Gasteiger partial charge is 0.469 e. The van der Waals surface area contributed by atoms with Crippen LogP contribution in [-0.4, -0.2) is 52.0 Å². The molecular formula is C20H25NO6S. The average molecular weight is 407 g/mol. The Morgan fingerprint density at radius 3 is 2.25 bits per heavy atom. The van der Waals surface area contributed by atoms with Crippen LogP contribution in [0.2, 0.25) is 0 Å². The maximum atomic E-state index is 13.0. The topological polar surface area (TPSA) is 90.0 Å². The third kappa shape index (κ3) is 4.51. The van der Waals surface area contributed by atoms with Crippen molar-refractivity contribution < 1.29 is 27.5 Å². The number of hydrogen-bond acceptors (Lipinski definition) is 6. The fraction of sp³-hybridized carbons (Fsp3) is 0.400. The lowest BCUT2D eigenvalue weighted by Gasteiger charge is -2.20. The van der Waals surface area contributed by atoms with Crippen molar-refractivity contribution in [1.82, 2.24) is 4.31 Å². The molecule has 0 bridgehead atoms. The number of methoxy groups -OCH3 is 2. The lowest BCUT2D eigenvalue weighted by Crippen LogP contribution is -2.29. The van der Waals surface area contributed by atoms with Crippen LogP contribution in [0.25, 0.3) is 0 Å². The highest BCUT2D eigenvalue weighted by atomic mass is 32.2. The molecule has 7 nitrogen and oxygen atoms in total. The summed E-state index contributed by atoms with van der Waals surface area (Å²) in [5.41, 5.74) is 1.38. The molecule has 8 heteroatoms. The molecule has 1 aliphatic rings. The zero-order valence-corrected chi connectivity index (χ0v) is 17.1. The van der Waals surface area contributed by atoms with Crippen molar-refractivity contribution in [2.45, 2.75) is 18.2 Å². The van der Waals surface area contributed by atoms with Crippen LogP contribution in [0.4, 0.5) is 0 Å². The summed E-state index contributed by atoms with van der Waals surface area (Å²) < 4.78 is 36.8. The van der Waals surface area contributed by atoms with E-state index in [0.717, 1.165) is 5.56 Å². The summed E-state index contributed by atoms with van der Waals surface area (Å²) in [7, 11) is -1.25. The van der Waals surface area contributed by atoms with Gasteiger partial charge in [-0.25, -0.2) is 13.2 Å². The van der Waals surface area contributed by atoms with Crippen molar-refractivity contribution in [3.8, 4) is 0 Å². The zero-order valence-electron chi connectivity index (χ0n) is 16.3. The summed E-state index contributed by atoms with van der Waals surface area (Å²) in [6.07, 6.45) is 0.00849. The van der Waals surface area contributed by atoms with E-state index in [0.29, 0.717) is 5.57 Å². The minimum Gasteiger partial charge on any atom is -0.469 e. The van der Waals surface area contributed by atoms with E-state index in [1.165, 1.54) is 18.5 Å². The van der Waals surface area contributed by atoms with Gasteiger partial charge in [-0.05, 0) is 30.5 Å². The third-order valence-electron chi connectivity index (χ3n) is 4.99. The Kier molecular flexibility index (Phi) is 6.79. The van der Waals surface area contributed by atoms with Gasteiger partial charge in [-0.1, -0.05) is 30.9 Å². The van der Waals surface area contributed by atoms with Crippen LogP contribution in [0.5, 0.6) is 0 Å². The molecule has 152 valence electrons. The van der Waals surface area contributed by atoms with Gasteiger partial charge in [0.2, 0.25) is 10.0 Å². The van der Waals surface area contributed by atoms with Gasteiger partial charge < -0.3 is 9.47 Å². The van der Waals surface area contributed by atoms with E-state index in [4.69, 9.17) is 4.74 Å². The lowest BCUT2D eigenvalue weighted by molar-refractivity contribution is -0.141. The third-order valence-corrected chi connectivity index (χ3v) is 6.84. The number of hydrogen-bond donors (Lipinski definition) is 0. The predicted molar refractivity (Wildman–Crippen MR) is 104 cm³/mol. The first-order valence-electron chi connectivity index (χ1n) is 8.71. The first-order valence-corrected chi connectivity index (χ1v) is 10.2. The van der Waals surface area contributed by atoms with Crippen molar-refractivity contribution in [3.63, 3.8) is 0 Å². The number of sulfonamides is 1. The zero-order chi connectivity index (χ0) is 21.1. The van der Waals surface area contributed by atoms with Gasteiger partial charge in [0.05, 0.1) is 31.1 Å². The molecule has 1 aromatic carbocycles. The van der Waals surface area contributed by atoms with Gasteiger partial charge in [0.25, 0.3) is 0 Å². The molecule has 1 saturated heterocycles. The van der Waals surface area contributed by atoms with E-state index in [9.17, 15) is 18.0 Å². The number of aryl methyl sites for hydroxylation is 1. The summed E-state index contributed by atoms with van der Waals surface area (Å²) >= 11 is 0. The number of carbonyl (C=O) groups is 2. The quantitative estimate of drug-likeness (QED) is 0.391. The Hall–Kier alpha value is -2.45. The first kappa shape index (κ1) is 21.8. The molecular weight excluding hydrogens is 382 g/mol. The Morgan fingerprint density at radius 1 is 1.11 bits per heavy atom. The molecule has 2 atom stereocenters. The normalized spacial score (nSPS) is 19.8. The number of ether oxygens (including phenoxy) is 2. The maximum Gasteiger partial charge on any atom is 0.337 e. The van der Waals surface area contributed by atoms with E-state index in [-0.39, 0.29) is 35.9 Å². The van der Waals surface area contributed by atoms with E-state index in [1.807, 2.05) is 6.92 Å². The lowest BCUT2D eigenvalue weighted by atomic mass is 9.84. The van der Waals surface area contributed by atoms with Gasteiger partial charge >= 0.3 is 11.9 Å². The fourth-order valence-electron chi connectivity index (χ4n) is 3.26. The van der Waals surface area contributed by atoms with E-state index in [2.05, 4.69) is 17.9 Å². The minimum absolute atomic E-state index is 0.00849. The van der Waals surface area contributed by atoms with E-state index >= 15 is 0 Å². The van der Waals surface area contributed by atoms with Gasteiger partial charge in [-0.2, -0.15) is 4.31 Å². The second-order valence-corrected chi connectivity index (χ2v) is 8.72. The molecule has 0 unspecified atom stereocenters. The highest BCUT2D eigenvalue weighted by Gasteiger charge is 2.42. The number of benzene rings is 1. The average Bonchev–Trinajstić information content (AvgIpc) is 3.10. The monoisotopic (exact) mass is 407 g/mol. The summed E-state index contributed by atoms with van der Waals surface area (Å²) in [5.74, 6) is -1.93. The summed E-state index contributed by atoms with van der Waals surface area (Å²) in [6, 6.07) is 6.56. The smallest absolute Gasteiger partial charge is 0.337 e. The van der Waals surface area contributed by atoms with Crippen LogP contribution < -0.4 is 0 Å². The van der Waals surface area contributed by atoms with Crippen molar-refractivity contribution in [1.29, 1.82) is 0 Å². The Morgan fingerprint density at radius 2 is 1.71 bits per heavy atom. The highest BCUT2D eigenvalue weighted by molar-refractivity contribution is 7.89. The SMILES string of the molecule is C=C(C(=C)[C@@H]1CN(S(=O)(=O)c2ccc(C)cc2)C[C@@H]1CC(=O)OC)C(=O)OC. The summed E-state index contributed by atoms with van der Waals surface area (Å²) in [6.45, 7) is 9.69. The highest BCUT2D eigenvalue weighted by Crippen LogP contribution is 2.37. The van der Waals surface area contributed by atoms with Gasteiger partial charge in [0.1, 0.15) is 0 Å². The number of esters is 2. The predicted octanol–water partition coefficient (Wildman–Crippen LogP) is 2.08. The number of carbonyl (C=O) groups excluding carboxylic acids is 2. The Balaban J connectivity index is 2.33. The van der Waals surface area contributed by atoms with Crippen molar-refractivity contribution in [2.24, 2.45) is 11.8 Å². The van der Waals surface area contributed by atoms with Crippen molar-refractivity contribution in [2.75, 3.05) is 27.3 Å². The second-order valence-electron chi connectivity index (χ2n) is 6.78. The minimum atomic E-state index is -3.75. The summed E-state index contributed by atoms with van der Waals surface area (Å²) in [5, 5.41) is 0. The second kappa shape index (κ2) is 8.70. The van der Waals surface area contributed by atoms with Gasteiger partial charge in [0.15, 0.2) is 0 Å². The first-order chi connectivity index (χ1) is 13.1. The standard InChI is InChI=1S/C20H25NO6S/c1-13-6-8-17(9-7-13)28(24,25)21-11-16(10-19(22)26-4)18(12-21)14(2)15(3)20(23)27-5/h6-9,16,18H,2-3,10-12H2,1,4-5H3/t16-,18-/m0/s1. The van der Waals surface area contributed by atoms with Crippen LogP contribution in [0, 0.1) is 18.8 Å². The fourth-order valence-corrected chi connectivity index (χ4v) is 4.79. The van der Waals surface area contributed by atoms with Crippen molar-refractivity contribution in [3.05, 3.63) is 54.1 Å². The Bertz CT molecular complexity index is 888. The molecule has 0 aliphatic carbocycles. The van der Waals surface area contributed by atoms with E-state index < -0.39 is 27.9 Å². The Labute approximate surface area is 165 Å². The number of nitrogens with zero attached hydrogens (tertiary/aromatic N) is 1. The van der Waals surface area contributed by atoms with Crippen LogP contribution in [-0.2, 0) is 29.1 Å². The van der Waals surface area contributed by atoms with Crippen molar-refractivity contribution >= 4 is 22.0 Å². The molecule has 1 heterocycles. The van der Waals surface area contributed by atoms with Gasteiger partial charge in [0, 0.05) is 19.0 Å². The van der Waals surface area contributed by atoms with Crippen LogP contribution in [0.15, 0.2) is 53.5 Å². The molecule has 0 radical (unpaired) electrons. The molecule has 1 fully saturated rings. The van der Waals surface area contributed by atoms with Gasteiger partial charge in [-0.15, -0.1) is 0 Å². The van der Waals surface area contributed by atoms with Crippen LogP contribution in [0.1, 0.15) is 12.0 Å². The van der Waals surface area contributed by atoms with Gasteiger partial charge in [-0.3, -0.25) is 4.79 Å². The molecule has 28 heavy (non-hydrogen) atoms. The molecule has 2 rings (SSSR count). The molecule has 0 saturated carbocycles. The van der Waals surface area contributed by atoms with Crippen LogP contribution >= 0.6 is 0 Å². The van der Waals surface area contributed by atoms with Crippen LogP contribution in [0.3, 0.4) is 0 Å². The summed E-state index contributed by atoms with van der Waals surface area (Å²) in [4.78, 5) is 23.8. The molecule has 0 aromatic heterocycles. The molecule has 1 aromatic rings. The van der Waals surface area contributed by atoms with E-state index in [1.54, 1.807) is 24.3 Å².